The number of carbonyl (C=O) groups is 5. The second kappa shape index (κ2) is 11.4. The van der Waals surface area contributed by atoms with Crippen LogP contribution in [0.1, 0.15) is 57.4 Å². The first kappa shape index (κ1) is 29.5. The third kappa shape index (κ3) is 5.58. The van der Waals surface area contributed by atoms with E-state index in [-0.39, 0.29) is 59.0 Å². The number of hydrogen-bond donors (Lipinski definition) is 4. The number of likely N-dealkylation sites (tertiary alicyclic amines) is 1. The molecule has 2 saturated heterocycles. The van der Waals surface area contributed by atoms with Crippen LogP contribution in [0.15, 0.2) is 43.0 Å². The first-order chi connectivity index (χ1) is 19.9. The Bertz CT molecular complexity index is 1390. The van der Waals surface area contributed by atoms with Crippen LogP contribution in [0.3, 0.4) is 0 Å². The topological polar surface area (TPSA) is 140 Å². The molecule has 4 amide bonds. The molecule has 2 aliphatic heterocycles. The van der Waals surface area contributed by atoms with Crippen LogP contribution in [-0.4, -0.2) is 70.5 Å². The van der Waals surface area contributed by atoms with E-state index < -0.39 is 24.0 Å². The van der Waals surface area contributed by atoms with E-state index in [1.165, 1.54) is 0 Å². The summed E-state index contributed by atoms with van der Waals surface area (Å²) in [6, 6.07) is 6.80. The van der Waals surface area contributed by atoms with E-state index >= 15 is 0 Å². The predicted molar refractivity (Wildman–Crippen MR) is 158 cm³/mol. The molecule has 0 unspecified atom stereocenters. The van der Waals surface area contributed by atoms with Gasteiger partial charge in [0.2, 0.25) is 17.7 Å². The first-order valence-corrected chi connectivity index (χ1v) is 14.9. The molecule has 3 heterocycles. The largest absolute Gasteiger partial charge is 0.356 e. The number of nitrogens with zero attached hydrogens (tertiary/aromatic N) is 1. The Hall–Kier alpha value is -3.95. The van der Waals surface area contributed by atoms with Crippen LogP contribution >= 0.6 is 0 Å². The quantitative estimate of drug-likeness (QED) is 0.305. The fraction of sp³-hybridized carbons (Fsp3) is 0.531. The molecule has 1 aromatic heterocycles. The Morgan fingerprint density at radius 3 is 2.52 bits per heavy atom. The molecule has 3 aliphatic rings. The van der Waals surface area contributed by atoms with E-state index in [9.17, 15) is 24.0 Å². The minimum atomic E-state index is -0.908. The highest BCUT2D eigenvalue weighted by molar-refractivity contribution is 6.02. The maximum Gasteiger partial charge on any atom is 0.268 e. The maximum atomic E-state index is 14.1. The maximum absolute atomic E-state index is 14.1. The second-order valence-corrected chi connectivity index (χ2v) is 13.0. The van der Waals surface area contributed by atoms with Crippen LogP contribution < -0.4 is 16.0 Å². The molecular formula is C32H41N5O5. The van der Waals surface area contributed by atoms with Gasteiger partial charge in [0, 0.05) is 29.9 Å². The number of aromatic nitrogens is 1. The highest BCUT2D eigenvalue weighted by atomic mass is 16.2. The van der Waals surface area contributed by atoms with E-state index in [0.717, 1.165) is 17.0 Å². The Morgan fingerprint density at radius 1 is 1.14 bits per heavy atom. The Morgan fingerprint density at radius 2 is 1.88 bits per heavy atom. The second-order valence-electron chi connectivity index (χ2n) is 13.0. The van der Waals surface area contributed by atoms with Gasteiger partial charge in [-0.1, -0.05) is 52.5 Å². The van der Waals surface area contributed by atoms with Crippen LogP contribution in [-0.2, 0) is 19.2 Å². The summed E-state index contributed by atoms with van der Waals surface area (Å²) in [6.07, 6.45) is 2.34. The number of aromatic amines is 1. The molecule has 2 aromatic rings. The van der Waals surface area contributed by atoms with E-state index in [0.29, 0.717) is 31.6 Å². The number of piperidine rings is 1. The summed E-state index contributed by atoms with van der Waals surface area (Å²) in [7, 11) is 0. The summed E-state index contributed by atoms with van der Waals surface area (Å²) in [5.41, 5.74) is 1.05. The van der Waals surface area contributed by atoms with E-state index in [1.54, 1.807) is 11.0 Å². The SMILES string of the molecule is C=CC(=O)[C@H](C[C@@H]1CCNC1=O)NC(=O)[C@@H]1[C@@H]2[C@H](CN1C(=O)[C@H](CC(C)C)NC(=O)c1cc3ccccc3[nH]1)C2(C)C. The lowest BCUT2D eigenvalue weighted by Gasteiger charge is -2.34. The van der Waals surface area contributed by atoms with Gasteiger partial charge >= 0.3 is 0 Å². The summed E-state index contributed by atoms with van der Waals surface area (Å²) >= 11 is 0. The molecule has 1 saturated carbocycles. The smallest absolute Gasteiger partial charge is 0.268 e. The molecule has 1 aromatic carbocycles. The predicted octanol–water partition coefficient (Wildman–Crippen LogP) is 2.56. The number of rotatable bonds is 11. The van der Waals surface area contributed by atoms with Crippen molar-refractivity contribution in [3.8, 4) is 0 Å². The Kier molecular flexibility index (Phi) is 8.00. The van der Waals surface area contributed by atoms with Crippen molar-refractivity contribution < 1.29 is 24.0 Å². The zero-order valence-electron chi connectivity index (χ0n) is 24.7. The number of para-hydroxylation sites is 1. The molecular weight excluding hydrogens is 534 g/mol. The van der Waals surface area contributed by atoms with Crippen LogP contribution in [0.2, 0.25) is 0 Å². The average Bonchev–Trinajstić information content (AvgIpc) is 3.46. The van der Waals surface area contributed by atoms with Crippen molar-refractivity contribution in [2.45, 2.75) is 65.1 Å². The van der Waals surface area contributed by atoms with Crippen LogP contribution in [0, 0.1) is 29.1 Å². The number of nitrogens with one attached hydrogen (secondary N) is 4. The fourth-order valence-electron chi connectivity index (χ4n) is 6.94. The van der Waals surface area contributed by atoms with Gasteiger partial charge in [-0.2, -0.15) is 0 Å². The lowest BCUT2D eigenvalue weighted by atomic mass is 9.94. The van der Waals surface area contributed by atoms with Crippen molar-refractivity contribution in [1.82, 2.24) is 25.8 Å². The average molecular weight is 576 g/mol. The molecule has 0 bridgehead atoms. The highest BCUT2D eigenvalue weighted by Crippen LogP contribution is 2.65. The summed E-state index contributed by atoms with van der Waals surface area (Å²) in [5.74, 6) is -1.81. The van der Waals surface area contributed by atoms with Crippen molar-refractivity contribution in [2.24, 2.45) is 29.1 Å². The van der Waals surface area contributed by atoms with Crippen molar-refractivity contribution >= 4 is 40.3 Å². The van der Waals surface area contributed by atoms with Gasteiger partial charge in [0.05, 0.1) is 6.04 Å². The van der Waals surface area contributed by atoms with Gasteiger partial charge in [0.15, 0.2) is 5.78 Å². The molecule has 1 aliphatic carbocycles. The van der Waals surface area contributed by atoms with E-state index in [4.69, 9.17) is 0 Å². The van der Waals surface area contributed by atoms with Gasteiger partial charge < -0.3 is 25.8 Å². The highest BCUT2D eigenvalue weighted by Gasteiger charge is 2.69. The normalized spacial score (nSPS) is 25.5. The molecule has 0 radical (unpaired) electrons. The van der Waals surface area contributed by atoms with Crippen LogP contribution in [0.25, 0.3) is 10.9 Å². The minimum absolute atomic E-state index is 0.0696. The van der Waals surface area contributed by atoms with Gasteiger partial charge in [0.1, 0.15) is 17.8 Å². The lowest BCUT2D eigenvalue weighted by molar-refractivity contribution is -0.142. The van der Waals surface area contributed by atoms with Crippen molar-refractivity contribution in [3.05, 3.63) is 48.7 Å². The van der Waals surface area contributed by atoms with Crippen LogP contribution in [0.4, 0.5) is 0 Å². The van der Waals surface area contributed by atoms with Crippen LogP contribution in [0.5, 0.6) is 0 Å². The fourth-order valence-corrected chi connectivity index (χ4v) is 6.94. The Labute approximate surface area is 246 Å². The number of ketones is 1. The molecule has 42 heavy (non-hydrogen) atoms. The van der Waals surface area contributed by atoms with Crippen molar-refractivity contribution in [2.75, 3.05) is 13.1 Å². The number of fused-ring (bicyclic) bond motifs is 2. The number of H-pyrrole nitrogens is 1. The standard InChI is InChI=1S/C32H41N5O5/c1-6-25(38)22(15-19-11-12-33-28(19)39)35-30(41)27-26-20(32(26,4)5)16-37(27)31(42)24(13-17(2)3)36-29(40)23-14-18-9-7-8-10-21(18)34-23/h6-10,14,17,19-20,22,24,26-27,34H,1,11-13,15-16H2,2-5H3,(H,33,39)(H,35,41)(H,36,40)/t19-,20-,22-,24-,26-,27-/m0/s1. The molecule has 4 N–H and O–H groups in total. The van der Waals surface area contributed by atoms with Gasteiger partial charge in [0.25, 0.3) is 5.91 Å². The first-order valence-electron chi connectivity index (χ1n) is 14.9. The summed E-state index contributed by atoms with van der Waals surface area (Å²) in [5, 5.41) is 9.47. The van der Waals surface area contributed by atoms with Crippen molar-refractivity contribution in [3.63, 3.8) is 0 Å². The number of benzene rings is 1. The number of carbonyl (C=O) groups excluding carboxylic acids is 5. The van der Waals surface area contributed by atoms with E-state index in [2.05, 4.69) is 41.4 Å². The third-order valence-electron chi connectivity index (χ3n) is 9.39. The molecule has 10 nitrogen and oxygen atoms in total. The number of hydrogen-bond acceptors (Lipinski definition) is 5. The van der Waals surface area contributed by atoms with Gasteiger partial charge in [-0.05, 0) is 60.6 Å². The van der Waals surface area contributed by atoms with Gasteiger partial charge in [-0.15, -0.1) is 0 Å². The molecule has 3 fully saturated rings. The Balaban J connectivity index is 1.36. The summed E-state index contributed by atoms with van der Waals surface area (Å²) in [6.45, 7) is 12.6. The van der Waals surface area contributed by atoms with Gasteiger partial charge in [-0.25, -0.2) is 0 Å². The van der Waals surface area contributed by atoms with Gasteiger partial charge in [-0.3, -0.25) is 24.0 Å². The third-order valence-corrected chi connectivity index (χ3v) is 9.39. The van der Waals surface area contributed by atoms with Crippen molar-refractivity contribution in [1.29, 1.82) is 0 Å². The lowest BCUT2D eigenvalue weighted by Crippen LogP contribution is -2.57. The monoisotopic (exact) mass is 575 g/mol. The summed E-state index contributed by atoms with van der Waals surface area (Å²) in [4.78, 5) is 70.9. The number of amides is 4. The minimum Gasteiger partial charge on any atom is -0.356 e. The molecule has 5 rings (SSSR count). The van der Waals surface area contributed by atoms with E-state index in [1.807, 2.05) is 38.1 Å². The zero-order chi connectivity index (χ0) is 30.3. The zero-order valence-corrected chi connectivity index (χ0v) is 24.7. The summed E-state index contributed by atoms with van der Waals surface area (Å²) < 4.78 is 0. The molecule has 10 heteroatoms. The molecule has 6 atom stereocenters. The molecule has 0 spiro atoms. The molecule has 224 valence electrons.